The van der Waals surface area contributed by atoms with E-state index in [1.54, 1.807) is 19.1 Å². The number of aromatic nitrogens is 4. The number of halogens is 1. The average Bonchev–Trinajstić information content (AvgIpc) is 3.05. The molecule has 0 bridgehead atoms. The smallest absolute Gasteiger partial charge is 0.334 e. The molecule has 0 unspecified atom stereocenters. The molecule has 1 aromatic carbocycles. The second-order valence-electron chi connectivity index (χ2n) is 6.00. The number of amides is 1. The van der Waals surface area contributed by atoms with Gasteiger partial charge in [0.25, 0.3) is 0 Å². The molecule has 9 nitrogen and oxygen atoms in total. The van der Waals surface area contributed by atoms with E-state index >= 15 is 0 Å². The van der Waals surface area contributed by atoms with Crippen LogP contribution >= 0.6 is 0 Å². The van der Waals surface area contributed by atoms with Gasteiger partial charge in [-0.3, -0.25) is 4.79 Å². The summed E-state index contributed by atoms with van der Waals surface area (Å²) in [7, 11) is 0. The maximum absolute atomic E-state index is 13.5. The molecule has 2 heterocycles. The van der Waals surface area contributed by atoms with Crippen molar-refractivity contribution in [2.24, 2.45) is 0 Å². The Morgan fingerprint density at radius 2 is 2.27 bits per heavy atom. The van der Waals surface area contributed by atoms with E-state index in [1.165, 1.54) is 21.7 Å². The van der Waals surface area contributed by atoms with E-state index in [-0.39, 0.29) is 32.0 Å². The van der Waals surface area contributed by atoms with Gasteiger partial charge >= 0.3 is 5.97 Å². The molecule has 0 spiro atoms. The fourth-order valence-electron chi connectivity index (χ4n) is 2.90. The summed E-state index contributed by atoms with van der Waals surface area (Å²) in [5, 5.41) is 20.4. The van der Waals surface area contributed by atoms with E-state index in [2.05, 4.69) is 15.5 Å². The second kappa shape index (κ2) is 7.56. The number of benzene rings is 1. The number of carbonyl (C=O) groups excluding carboxylic acids is 1. The summed E-state index contributed by atoms with van der Waals surface area (Å²) in [4.78, 5) is 25.7. The Bertz CT molecular complexity index is 811. The highest BCUT2D eigenvalue weighted by atomic mass is 19.1. The molecule has 2 aromatic rings. The first kappa shape index (κ1) is 17.9. The number of rotatable bonds is 5. The SMILES string of the molecule is Cc1nnnn1[C@@H](Cc1cccc(F)c1)C(=O)N1CCO[C@H](C(=O)O)C1. The first-order chi connectivity index (χ1) is 12.5. The first-order valence-electron chi connectivity index (χ1n) is 8.08. The lowest BCUT2D eigenvalue weighted by atomic mass is 10.0. The molecule has 138 valence electrons. The maximum atomic E-state index is 13.5. The minimum absolute atomic E-state index is 0.0605. The largest absolute Gasteiger partial charge is 0.479 e. The van der Waals surface area contributed by atoms with Gasteiger partial charge in [0.2, 0.25) is 5.91 Å². The number of nitrogens with zero attached hydrogens (tertiary/aromatic N) is 5. The highest BCUT2D eigenvalue weighted by Gasteiger charge is 2.34. The molecule has 1 aliphatic rings. The van der Waals surface area contributed by atoms with E-state index in [0.717, 1.165) is 0 Å². The van der Waals surface area contributed by atoms with Gasteiger partial charge in [0, 0.05) is 13.0 Å². The number of aryl methyl sites for hydroxylation is 1. The molecule has 1 aromatic heterocycles. The summed E-state index contributed by atoms with van der Waals surface area (Å²) in [6.07, 6.45) is -0.894. The molecule has 3 rings (SSSR count). The first-order valence-corrected chi connectivity index (χ1v) is 8.08. The zero-order chi connectivity index (χ0) is 18.7. The van der Waals surface area contributed by atoms with Gasteiger partial charge < -0.3 is 14.7 Å². The third-order valence-corrected chi connectivity index (χ3v) is 4.21. The summed E-state index contributed by atoms with van der Waals surface area (Å²) in [5.74, 6) is -1.43. The summed E-state index contributed by atoms with van der Waals surface area (Å²) >= 11 is 0. The van der Waals surface area contributed by atoms with Gasteiger partial charge in [-0.2, -0.15) is 0 Å². The Morgan fingerprint density at radius 3 is 2.92 bits per heavy atom. The molecule has 2 atom stereocenters. The lowest BCUT2D eigenvalue weighted by Crippen LogP contribution is -2.51. The zero-order valence-corrected chi connectivity index (χ0v) is 14.1. The van der Waals surface area contributed by atoms with Gasteiger partial charge in [-0.1, -0.05) is 12.1 Å². The summed E-state index contributed by atoms with van der Waals surface area (Å²) in [6.45, 7) is 1.99. The third kappa shape index (κ3) is 3.85. The number of hydrogen-bond acceptors (Lipinski definition) is 6. The molecule has 1 saturated heterocycles. The molecule has 1 N–H and O–H groups in total. The predicted octanol–water partition coefficient (Wildman–Crippen LogP) is 0.216. The fraction of sp³-hybridized carbons (Fsp3) is 0.438. The van der Waals surface area contributed by atoms with Gasteiger partial charge in [0.15, 0.2) is 6.10 Å². The third-order valence-electron chi connectivity index (χ3n) is 4.21. The van der Waals surface area contributed by atoms with Gasteiger partial charge in [-0.05, 0) is 35.0 Å². The van der Waals surface area contributed by atoms with Crippen molar-refractivity contribution in [1.82, 2.24) is 25.1 Å². The number of carbonyl (C=O) groups is 2. The van der Waals surface area contributed by atoms with Crippen LogP contribution in [-0.4, -0.2) is 67.9 Å². The van der Waals surface area contributed by atoms with Crippen molar-refractivity contribution in [2.45, 2.75) is 25.5 Å². The molecule has 1 aliphatic heterocycles. The highest BCUT2D eigenvalue weighted by Crippen LogP contribution is 2.20. The van der Waals surface area contributed by atoms with Crippen LogP contribution in [0.5, 0.6) is 0 Å². The van der Waals surface area contributed by atoms with Crippen LogP contribution in [0.3, 0.4) is 0 Å². The lowest BCUT2D eigenvalue weighted by Gasteiger charge is -2.33. The van der Waals surface area contributed by atoms with Crippen LogP contribution in [0.2, 0.25) is 0 Å². The van der Waals surface area contributed by atoms with Gasteiger partial charge in [-0.15, -0.1) is 5.10 Å². The van der Waals surface area contributed by atoms with Crippen molar-refractivity contribution in [3.8, 4) is 0 Å². The van der Waals surface area contributed by atoms with Crippen molar-refractivity contribution in [3.05, 3.63) is 41.5 Å². The number of carboxylic acids is 1. The van der Waals surface area contributed by atoms with Crippen LogP contribution in [-0.2, 0) is 20.7 Å². The van der Waals surface area contributed by atoms with Crippen LogP contribution in [0.15, 0.2) is 24.3 Å². The fourth-order valence-corrected chi connectivity index (χ4v) is 2.90. The van der Waals surface area contributed by atoms with E-state index in [1.807, 2.05) is 0 Å². The number of morpholine rings is 1. The topological polar surface area (TPSA) is 110 Å². The van der Waals surface area contributed by atoms with Crippen molar-refractivity contribution in [3.63, 3.8) is 0 Å². The van der Waals surface area contributed by atoms with E-state index in [4.69, 9.17) is 9.84 Å². The minimum Gasteiger partial charge on any atom is -0.479 e. The Morgan fingerprint density at radius 1 is 1.46 bits per heavy atom. The Balaban J connectivity index is 1.86. The quantitative estimate of drug-likeness (QED) is 0.809. The molecule has 0 aliphatic carbocycles. The van der Waals surface area contributed by atoms with Crippen LogP contribution in [0, 0.1) is 12.7 Å². The van der Waals surface area contributed by atoms with E-state index in [0.29, 0.717) is 11.4 Å². The van der Waals surface area contributed by atoms with Gasteiger partial charge in [0.1, 0.15) is 17.7 Å². The van der Waals surface area contributed by atoms with Crippen molar-refractivity contribution >= 4 is 11.9 Å². The lowest BCUT2D eigenvalue weighted by molar-refractivity contribution is -0.160. The van der Waals surface area contributed by atoms with Crippen LogP contribution in [0.1, 0.15) is 17.4 Å². The number of tetrazole rings is 1. The molecular weight excluding hydrogens is 345 g/mol. The Labute approximate surface area is 148 Å². The van der Waals surface area contributed by atoms with E-state index < -0.39 is 23.9 Å². The number of carboxylic acid groups (broad SMARTS) is 1. The summed E-state index contributed by atoms with van der Waals surface area (Å²) in [6, 6.07) is 5.14. The predicted molar refractivity (Wildman–Crippen MR) is 85.7 cm³/mol. The summed E-state index contributed by atoms with van der Waals surface area (Å²) in [5.41, 5.74) is 0.612. The highest BCUT2D eigenvalue weighted by molar-refractivity contribution is 5.82. The van der Waals surface area contributed by atoms with Crippen molar-refractivity contribution in [2.75, 3.05) is 19.7 Å². The monoisotopic (exact) mass is 363 g/mol. The van der Waals surface area contributed by atoms with Crippen molar-refractivity contribution < 1.29 is 23.8 Å². The van der Waals surface area contributed by atoms with Crippen molar-refractivity contribution in [1.29, 1.82) is 0 Å². The molecule has 1 amide bonds. The van der Waals surface area contributed by atoms with E-state index in [9.17, 15) is 14.0 Å². The number of ether oxygens (including phenoxy) is 1. The normalized spacial score (nSPS) is 18.5. The van der Waals surface area contributed by atoms with Crippen LogP contribution in [0.4, 0.5) is 4.39 Å². The summed E-state index contributed by atoms with van der Waals surface area (Å²) < 4.78 is 20.0. The van der Waals surface area contributed by atoms with Gasteiger partial charge in [-0.25, -0.2) is 13.9 Å². The molecule has 10 heteroatoms. The molecule has 0 radical (unpaired) electrons. The number of hydrogen-bond donors (Lipinski definition) is 1. The Hall–Kier alpha value is -2.88. The van der Waals surface area contributed by atoms with Crippen LogP contribution in [0.25, 0.3) is 0 Å². The zero-order valence-electron chi connectivity index (χ0n) is 14.1. The molecular formula is C16H18FN5O4. The second-order valence-corrected chi connectivity index (χ2v) is 6.00. The van der Waals surface area contributed by atoms with Crippen LogP contribution < -0.4 is 0 Å². The molecule has 0 saturated carbocycles. The molecule has 1 fully saturated rings. The minimum atomic E-state index is -1.12. The standard InChI is InChI=1S/C16H18FN5O4/c1-10-18-19-20-22(10)13(8-11-3-2-4-12(17)7-11)15(23)21-5-6-26-14(9-21)16(24)25/h2-4,7,13-14H,5-6,8-9H2,1H3,(H,24,25)/t13-,14-/m0/s1. The molecule has 26 heavy (non-hydrogen) atoms. The number of aliphatic carboxylic acids is 1. The Kier molecular flexibility index (Phi) is 5.21. The maximum Gasteiger partial charge on any atom is 0.334 e. The average molecular weight is 363 g/mol. The van der Waals surface area contributed by atoms with Gasteiger partial charge in [0.05, 0.1) is 13.2 Å².